The molecule has 120 valence electrons. The third kappa shape index (κ3) is 5.66. The highest BCUT2D eigenvalue weighted by atomic mass is 32.2. The average molecular weight is 326 g/mol. The van der Waals surface area contributed by atoms with Crippen LogP contribution in [0.25, 0.3) is 0 Å². The number of benzene rings is 1. The molecule has 3 N–H and O–H groups in total. The molecule has 1 aromatic carbocycles. The van der Waals surface area contributed by atoms with Crippen LogP contribution >= 0.6 is 0 Å². The topological polar surface area (TPSA) is 116 Å². The highest BCUT2D eigenvalue weighted by Crippen LogP contribution is 2.14. The Kier molecular flexibility index (Phi) is 5.84. The molecule has 1 unspecified atom stereocenters. The number of carbonyl (C=O) groups excluding carboxylic acids is 2. The molecule has 0 radical (unpaired) electrons. The van der Waals surface area contributed by atoms with Crippen molar-refractivity contribution in [1.29, 1.82) is 0 Å². The summed E-state index contributed by atoms with van der Waals surface area (Å²) in [6, 6.07) is 5.47. The van der Waals surface area contributed by atoms with Gasteiger partial charge in [-0.25, -0.2) is 18.4 Å². The Morgan fingerprint density at radius 1 is 1.32 bits per heavy atom. The van der Waals surface area contributed by atoms with Crippen molar-refractivity contribution in [3.63, 3.8) is 0 Å². The number of primary sulfonamides is 1. The van der Waals surface area contributed by atoms with E-state index in [1.165, 1.54) is 37.3 Å². The van der Waals surface area contributed by atoms with Gasteiger partial charge in [0.2, 0.25) is 10.0 Å². The van der Waals surface area contributed by atoms with Gasteiger partial charge in [-0.2, -0.15) is 0 Å². The molecular weight excluding hydrogens is 308 g/mol. The summed E-state index contributed by atoms with van der Waals surface area (Å²) in [6.07, 6.45) is 0.243. The number of ether oxygens (including phenoxy) is 1. The normalized spacial score (nSPS) is 12.2. The van der Waals surface area contributed by atoms with Crippen molar-refractivity contribution in [2.24, 2.45) is 5.14 Å². The van der Waals surface area contributed by atoms with Gasteiger partial charge in [0.15, 0.2) is 6.10 Å². The number of amides is 1. The zero-order valence-electron chi connectivity index (χ0n) is 12.5. The predicted octanol–water partition coefficient (Wildman–Crippen LogP) is 1.17. The van der Waals surface area contributed by atoms with E-state index in [1.54, 1.807) is 13.8 Å². The summed E-state index contributed by atoms with van der Waals surface area (Å²) in [5.74, 6) is -1.21. The third-order valence-electron chi connectivity index (χ3n) is 2.50. The minimum atomic E-state index is -3.86. The van der Waals surface area contributed by atoms with Crippen LogP contribution in [0, 0.1) is 0 Å². The van der Waals surface area contributed by atoms with E-state index in [9.17, 15) is 18.0 Å². The number of esters is 1. The van der Waals surface area contributed by atoms with Gasteiger partial charge in [0.05, 0.1) is 4.90 Å². The Morgan fingerprint density at radius 3 is 2.50 bits per heavy atom. The number of allylic oxidation sites excluding steroid dienone is 1. The number of nitrogens with two attached hydrogens (primary N) is 1. The zero-order chi connectivity index (χ0) is 16.9. The summed E-state index contributed by atoms with van der Waals surface area (Å²) < 4.78 is 27.4. The Bertz CT molecular complexity index is 706. The smallest absolute Gasteiger partial charge is 0.331 e. The molecule has 0 fully saturated rings. The maximum atomic E-state index is 11.9. The molecule has 0 aliphatic heterocycles. The van der Waals surface area contributed by atoms with Crippen LogP contribution in [0.5, 0.6) is 0 Å². The fourth-order valence-corrected chi connectivity index (χ4v) is 2.05. The van der Waals surface area contributed by atoms with Gasteiger partial charge < -0.3 is 10.1 Å². The second kappa shape index (κ2) is 7.19. The van der Waals surface area contributed by atoms with Crippen LogP contribution in [0.3, 0.4) is 0 Å². The van der Waals surface area contributed by atoms with E-state index < -0.39 is 28.0 Å². The average Bonchev–Trinajstić information content (AvgIpc) is 2.36. The monoisotopic (exact) mass is 326 g/mol. The molecule has 0 heterocycles. The molecule has 0 aliphatic rings. The summed E-state index contributed by atoms with van der Waals surface area (Å²) >= 11 is 0. The van der Waals surface area contributed by atoms with Crippen molar-refractivity contribution in [3.05, 3.63) is 35.9 Å². The molecule has 0 saturated carbocycles. The molecular formula is C14H18N2O5S. The lowest BCUT2D eigenvalue weighted by atomic mass is 10.3. The molecule has 8 heteroatoms. The molecule has 1 rings (SSSR count). The van der Waals surface area contributed by atoms with Gasteiger partial charge in [0.25, 0.3) is 5.91 Å². The van der Waals surface area contributed by atoms with Gasteiger partial charge in [0.1, 0.15) is 0 Å². The first kappa shape index (κ1) is 17.9. The minimum absolute atomic E-state index is 0.125. The SMILES string of the molecule is CC(C)=CC(=O)OC(C)C(=O)Nc1cccc(S(N)(=O)=O)c1. The highest BCUT2D eigenvalue weighted by Gasteiger charge is 2.17. The van der Waals surface area contributed by atoms with Gasteiger partial charge in [-0.15, -0.1) is 0 Å². The maximum Gasteiger partial charge on any atom is 0.331 e. The van der Waals surface area contributed by atoms with Gasteiger partial charge in [-0.3, -0.25) is 4.79 Å². The number of hydrogen-bond acceptors (Lipinski definition) is 5. The van der Waals surface area contributed by atoms with E-state index in [2.05, 4.69) is 5.32 Å². The quantitative estimate of drug-likeness (QED) is 0.622. The highest BCUT2D eigenvalue weighted by molar-refractivity contribution is 7.89. The van der Waals surface area contributed by atoms with Crippen LogP contribution in [0.4, 0.5) is 5.69 Å². The van der Waals surface area contributed by atoms with E-state index in [0.717, 1.165) is 5.57 Å². The fraction of sp³-hybridized carbons (Fsp3) is 0.286. The maximum absolute atomic E-state index is 11.9. The molecule has 1 atom stereocenters. The standard InChI is InChI=1S/C14H18N2O5S/c1-9(2)7-13(17)21-10(3)14(18)16-11-5-4-6-12(8-11)22(15,19)20/h4-8,10H,1-3H3,(H,16,18)(H2,15,19,20). The molecule has 1 amide bonds. The molecule has 0 saturated heterocycles. The Morgan fingerprint density at radius 2 is 1.95 bits per heavy atom. The Hall–Kier alpha value is -2.19. The summed E-state index contributed by atoms with van der Waals surface area (Å²) in [6.45, 7) is 4.87. The minimum Gasteiger partial charge on any atom is -0.449 e. The molecule has 0 aliphatic carbocycles. The van der Waals surface area contributed by atoms with Crippen molar-refractivity contribution in [1.82, 2.24) is 0 Å². The van der Waals surface area contributed by atoms with Crippen LogP contribution in [-0.4, -0.2) is 26.4 Å². The lowest BCUT2D eigenvalue weighted by Gasteiger charge is -2.13. The van der Waals surface area contributed by atoms with Crippen molar-refractivity contribution in [3.8, 4) is 0 Å². The van der Waals surface area contributed by atoms with Gasteiger partial charge >= 0.3 is 5.97 Å². The van der Waals surface area contributed by atoms with Crippen LogP contribution in [-0.2, 0) is 24.3 Å². The van der Waals surface area contributed by atoms with Crippen molar-refractivity contribution in [2.75, 3.05) is 5.32 Å². The number of nitrogens with one attached hydrogen (secondary N) is 1. The lowest BCUT2D eigenvalue weighted by molar-refractivity contribution is -0.148. The summed E-state index contributed by atoms with van der Waals surface area (Å²) in [7, 11) is -3.86. The Balaban J connectivity index is 2.77. The second-order valence-corrected chi connectivity index (χ2v) is 6.42. The number of rotatable bonds is 5. The van der Waals surface area contributed by atoms with Crippen LogP contribution in [0.2, 0.25) is 0 Å². The van der Waals surface area contributed by atoms with Crippen LogP contribution in [0.15, 0.2) is 40.8 Å². The first-order chi connectivity index (χ1) is 10.1. The number of anilines is 1. The van der Waals surface area contributed by atoms with Crippen LogP contribution < -0.4 is 10.5 Å². The van der Waals surface area contributed by atoms with E-state index in [4.69, 9.17) is 9.88 Å². The van der Waals surface area contributed by atoms with E-state index in [1.807, 2.05) is 0 Å². The second-order valence-electron chi connectivity index (χ2n) is 4.86. The molecule has 22 heavy (non-hydrogen) atoms. The first-order valence-corrected chi connectivity index (χ1v) is 7.93. The fourth-order valence-electron chi connectivity index (χ4n) is 1.49. The Labute approximate surface area is 129 Å². The van der Waals surface area contributed by atoms with E-state index in [0.29, 0.717) is 0 Å². The van der Waals surface area contributed by atoms with Gasteiger partial charge in [0, 0.05) is 11.8 Å². The van der Waals surface area contributed by atoms with Crippen molar-refractivity contribution >= 4 is 27.6 Å². The van der Waals surface area contributed by atoms with Gasteiger partial charge in [-0.05, 0) is 39.0 Å². The first-order valence-electron chi connectivity index (χ1n) is 6.39. The number of sulfonamides is 1. The van der Waals surface area contributed by atoms with Crippen molar-refractivity contribution < 1.29 is 22.7 Å². The summed E-state index contributed by atoms with van der Waals surface area (Å²) in [4.78, 5) is 23.2. The summed E-state index contributed by atoms with van der Waals surface area (Å²) in [5, 5.41) is 7.47. The predicted molar refractivity (Wildman–Crippen MR) is 81.4 cm³/mol. The summed E-state index contributed by atoms with van der Waals surface area (Å²) in [5.41, 5.74) is 0.986. The molecule has 7 nitrogen and oxygen atoms in total. The lowest BCUT2D eigenvalue weighted by Crippen LogP contribution is -2.29. The number of hydrogen-bond donors (Lipinski definition) is 2. The number of carbonyl (C=O) groups is 2. The third-order valence-corrected chi connectivity index (χ3v) is 3.41. The molecule has 1 aromatic rings. The van der Waals surface area contributed by atoms with E-state index >= 15 is 0 Å². The molecule has 0 aromatic heterocycles. The van der Waals surface area contributed by atoms with E-state index in [-0.39, 0.29) is 10.6 Å². The molecule has 0 spiro atoms. The zero-order valence-corrected chi connectivity index (χ0v) is 13.3. The van der Waals surface area contributed by atoms with Gasteiger partial charge in [-0.1, -0.05) is 11.6 Å². The van der Waals surface area contributed by atoms with Crippen LogP contribution in [0.1, 0.15) is 20.8 Å². The largest absolute Gasteiger partial charge is 0.449 e. The van der Waals surface area contributed by atoms with Crippen molar-refractivity contribution in [2.45, 2.75) is 31.8 Å². The molecule has 0 bridgehead atoms.